The van der Waals surface area contributed by atoms with Crippen molar-refractivity contribution in [1.82, 2.24) is 14.5 Å². The van der Waals surface area contributed by atoms with E-state index in [1.165, 1.54) is 4.31 Å². The number of nitrogens with zero attached hydrogens (tertiary/aromatic N) is 2. The Morgan fingerprint density at radius 3 is 2.74 bits per heavy atom. The summed E-state index contributed by atoms with van der Waals surface area (Å²) in [5.41, 5.74) is 0.607. The Kier molecular flexibility index (Phi) is 4.31. The number of urea groups is 1. The molecule has 0 aromatic heterocycles. The largest absolute Gasteiger partial charge is 0.329 e. The fraction of sp³-hybridized carbons (Fsp3) is 0.429. The van der Waals surface area contributed by atoms with Crippen LogP contribution < -0.4 is 5.32 Å². The molecule has 2 aliphatic rings. The van der Waals surface area contributed by atoms with Gasteiger partial charge in [0.2, 0.25) is 15.9 Å². The van der Waals surface area contributed by atoms with Crippen LogP contribution in [0.25, 0.3) is 0 Å². The molecule has 0 spiro atoms. The number of nitrogens with one attached hydrogen (secondary N) is 1. The number of hydrogen-bond donors (Lipinski definition) is 1. The maximum atomic E-state index is 12.5. The van der Waals surface area contributed by atoms with E-state index in [1.807, 2.05) is 0 Å². The smallest absolute Gasteiger partial charge is 0.324 e. The van der Waals surface area contributed by atoms with Crippen molar-refractivity contribution in [2.45, 2.75) is 18.2 Å². The fourth-order valence-corrected chi connectivity index (χ4v) is 4.69. The van der Waals surface area contributed by atoms with Crippen LogP contribution in [-0.2, 0) is 20.6 Å². The molecule has 0 radical (unpaired) electrons. The van der Waals surface area contributed by atoms with E-state index >= 15 is 0 Å². The van der Waals surface area contributed by atoms with Crippen LogP contribution >= 0.6 is 11.6 Å². The Labute approximate surface area is 139 Å². The quantitative estimate of drug-likeness (QED) is 0.807. The second kappa shape index (κ2) is 6.10. The number of imide groups is 1. The van der Waals surface area contributed by atoms with Gasteiger partial charge in [-0.25, -0.2) is 13.2 Å². The van der Waals surface area contributed by atoms with Crippen molar-refractivity contribution >= 4 is 33.6 Å². The number of halogens is 1. The molecule has 3 rings (SSSR count). The minimum atomic E-state index is -3.52. The summed E-state index contributed by atoms with van der Waals surface area (Å²) in [5.74, 6) is -0.463. The molecular formula is C14H16ClN3O4S. The summed E-state index contributed by atoms with van der Waals surface area (Å²) in [4.78, 5) is 24.5. The number of sulfonamides is 1. The van der Waals surface area contributed by atoms with Gasteiger partial charge in [-0.2, -0.15) is 4.31 Å². The highest BCUT2D eigenvalue weighted by Gasteiger charge is 2.41. The predicted octanol–water partition coefficient (Wildman–Crippen LogP) is 0.796. The zero-order chi connectivity index (χ0) is 16.6. The van der Waals surface area contributed by atoms with Gasteiger partial charge in [0.1, 0.15) is 0 Å². The summed E-state index contributed by atoms with van der Waals surface area (Å²) in [6.07, 6.45) is 0.452. The molecule has 7 nitrogen and oxygen atoms in total. The van der Waals surface area contributed by atoms with Crippen molar-refractivity contribution < 1.29 is 18.0 Å². The van der Waals surface area contributed by atoms with E-state index in [2.05, 4.69) is 5.32 Å². The second-order valence-electron chi connectivity index (χ2n) is 5.61. The van der Waals surface area contributed by atoms with E-state index in [0.29, 0.717) is 23.6 Å². The van der Waals surface area contributed by atoms with Crippen molar-refractivity contribution in [3.8, 4) is 0 Å². The second-order valence-corrected chi connectivity index (χ2v) is 8.01. The zero-order valence-corrected chi connectivity index (χ0v) is 13.8. The molecule has 3 amide bonds. The van der Waals surface area contributed by atoms with Gasteiger partial charge in [0.05, 0.1) is 18.3 Å². The Morgan fingerprint density at radius 2 is 2.09 bits per heavy atom. The van der Waals surface area contributed by atoms with Crippen molar-refractivity contribution in [3.05, 3.63) is 34.9 Å². The van der Waals surface area contributed by atoms with Crippen LogP contribution in [0.4, 0.5) is 4.79 Å². The van der Waals surface area contributed by atoms with Crippen LogP contribution in [0.3, 0.4) is 0 Å². The first-order chi connectivity index (χ1) is 10.9. The number of rotatable bonds is 4. The lowest BCUT2D eigenvalue weighted by Gasteiger charge is -2.21. The maximum Gasteiger partial charge on any atom is 0.324 e. The highest BCUT2D eigenvalue weighted by molar-refractivity contribution is 7.88. The van der Waals surface area contributed by atoms with Crippen LogP contribution in [0.1, 0.15) is 12.0 Å². The lowest BCUT2D eigenvalue weighted by Crippen LogP contribution is -2.43. The monoisotopic (exact) mass is 357 g/mol. The summed E-state index contributed by atoms with van der Waals surface area (Å²) in [6.45, 7) is 0.414. The Bertz CT molecular complexity index is 736. The number of amides is 3. The highest BCUT2D eigenvalue weighted by Crippen LogP contribution is 2.23. The summed E-state index contributed by atoms with van der Waals surface area (Å²) < 4.78 is 26.4. The number of benzene rings is 1. The first-order valence-electron chi connectivity index (χ1n) is 7.19. The SMILES string of the molecule is O=C1CNC(=O)N1C1CCN(S(=O)(=O)Cc2cccc(Cl)c2)C1. The van der Waals surface area contributed by atoms with E-state index in [1.54, 1.807) is 24.3 Å². The molecule has 2 saturated heterocycles. The molecule has 9 heteroatoms. The predicted molar refractivity (Wildman–Crippen MR) is 84.3 cm³/mol. The molecule has 2 heterocycles. The molecule has 1 aromatic carbocycles. The minimum absolute atomic E-state index is 0.0232. The van der Waals surface area contributed by atoms with Crippen LogP contribution in [0.5, 0.6) is 0 Å². The minimum Gasteiger partial charge on any atom is -0.329 e. The average Bonchev–Trinajstić information content (AvgIpc) is 3.06. The number of carbonyl (C=O) groups excluding carboxylic acids is 2. The van der Waals surface area contributed by atoms with Crippen molar-refractivity contribution in [1.29, 1.82) is 0 Å². The van der Waals surface area contributed by atoms with E-state index < -0.39 is 22.1 Å². The molecule has 2 aliphatic heterocycles. The van der Waals surface area contributed by atoms with Crippen LogP contribution in [-0.4, -0.2) is 55.2 Å². The number of carbonyl (C=O) groups is 2. The summed E-state index contributed by atoms with van der Waals surface area (Å²) >= 11 is 5.88. The summed E-state index contributed by atoms with van der Waals surface area (Å²) in [7, 11) is -3.52. The summed E-state index contributed by atoms with van der Waals surface area (Å²) in [5, 5.41) is 2.93. The maximum absolute atomic E-state index is 12.5. The molecule has 0 aliphatic carbocycles. The molecular weight excluding hydrogens is 342 g/mol. The topological polar surface area (TPSA) is 86.8 Å². The molecule has 0 saturated carbocycles. The molecule has 1 aromatic rings. The summed E-state index contributed by atoms with van der Waals surface area (Å²) in [6, 6.07) is 5.85. The van der Waals surface area contributed by atoms with E-state index in [9.17, 15) is 18.0 Å². The van der Waals surface area contributed by atoms with Gasteiger partial charge in [0.15, 0.2) is 0 Å². The van der Waals surface area contributed by atoms with Gasteiger partial charge < -0.3 is 5.32 Å². The van der Waals surface area contributed by atoms with Gasteiger partial charge >= 0.3 is 6.03 Å². The first kappa shape index (κ1) is 16.2. The Hall–Kier alpha value is -1.64. The van der Waals surface area contributed by atoms with E-state index in [-0.39, 0.29) is 24.7 Å². The number of hydrogen-bond acceptors (Lipinski definition) is 4. The molecule has 0 bridgehead atoms. The van der Waals surface area contributed by atoms with Crippen molar-refractivity contribution in [2.75, 3.05) is 19.6 Å². The van der Waals surface area contributed by atoms with Gasteiger partial charge in [-0.3, -0.25) is 9.69 Å². The third kappa shape index (κ3) is 3.34. The van der Waals surface area contributed by atoms with Gasteiger partial charge in [0.25, 0.3) is 0 Å². The molecule has 2 fully saturated rings. The van der Waals surface area contributed by atoms with Gasteiger partial charge in [-0.1, -0.05) is 23.7 Å². The standard InChI is InChI=1S/C14H16ClN3O4S/c15-11-3-1-2-10(6-11)9-23(21,22)17-5-4-12(8-17)18-13(19)7-16-14(18)20/h1-3,6,12H,4-5,7-9H2,(H,16,20). The normalized spacial score (nSPS) is 22.7. The average molecular weight is 358 g/mol. The van der Waals surface area contributed by atoms with E-state index in [0.717, 1.165) is 4.90 Å². The van der Waals surface area contributed by atoms with Gasteiger partial charge in [-0.05, 0) is 24.1 Å². The third-order valence-electron chi connectivity index (χ3n) is 4.00. The highest BCUT2D eigenvalue weighted by atomic mass is 35.5. The van der Waals surface area contributed by atoms with Crippen LogP contribution in [0.15, 0.2) is 24.3 Å². The van der Waals surface area contributed by atoms with Crippen molar-refractivity contribution in [3.63, 3.8) is 0 Å². The van der Waals surface area contributed by atoms with E-state index in [4.69, 9.17) is 11.6 Å². The molecule has 1 unspecified atom stereocenters. The molecule has 23 heavy (non-hydrogen) atoms. The van der Waals surface area contributed by atoms with Crippen LogP contribution in [0, 0.1) is 0 Å². The Balaban J connectivity index is 1.70. The lowest BCUT2D eigenvalue weighted by atomic mass is 10.2. The van der Waals surface area contributed by atoms with Gasteiger partial charge in [-0.15, -0.1) is 0 Å². The fourth-order valence-electron chi connectivity index (χ4n) is 2.91. The Morgan fingerprint density at radius 1 is 1.30 bits per heavy atom. The van der Waals surface area contributed by atoms with Crippen LogP contribution in [0.2, 0.25) is 5.02 Å². The zero-order valence-electron chi connectivity index (χ0n) is 12.2. The van der Waals surface area contributed by atoms with Crippen molar-refractivity contribution in [2.24, 2.45) is 0 Å². The third-order valence-corrected chi connectivity index (χ3v) is 6.05. The first-order valence-corrected chi connectivity index (χ1v) is 9.18. The molecule has 1 atom stereocenters. The lowest BCUT2D eigenvalue weighted by molar-refractivity contribution is -0.126. The molecule has 124 valence electrons. The molecule has 1 N–H and O–H groups in total. The van der Waals surface area contributed by atoms with Gasteiger partial charge in [0, 0.05) is 18.1 Å².